The van der Waals surface area contributed by atoms with Gasteiger partial charge in [-0.15, -0.1) is 0 Å². The van der Waals surface area contributed by atoms with E-state index in [4.69, 9.17) is 15.2 Å². The van der Waals surface area contributed by atoms with Crippen LogP contribution in [-0.4, -0.2) is 34.0 Å². The van der Waals surface area contributed by atoms with Crippen molar-refractivity contribution in [3.8, 4) is 22.8 Å². The van der Waals surface area contributed by atoms with E-state index in [9.17, 15) is 4.79 Å². The molecule has 1 amide bonds. The Morgan fingerprint density at radius 2 is 1.92 bits per heavy atom. The molecule has 0 spiro atoms. The van der Waals surface area contributed by atoms with Gasteiger partial charge in [0.15, 0.2) is 0 Å². The molecule has 0 saturated heterocycles. The molecule has 2 aromatic carbocycles. The lowest BCUT2D eigenvalue weighted by atomic mass is 10.1. The lowest BCUT2D eigenvalue weighted by Crippen LogP contribution is -2.26. The van der Waals surface area contributed by atoms with Crippen LogP contribution in [0.15, 0.2) is 73.2 Å². The normalized spacial score (nSPS) is 16.0. The minimum absolute atomic E-state index is 0.164. The Morgan fingerprint density at radius 1 is 1.05 bits per heavy atom. The highest BCUT2D eigenvalue weighted by Crippen LogP contribution is 2.30. The maximum atomic E-state index is 12.6. The molecule has 1 atom stereocenters. The van der Waals surface area contributed by atoms with Gasteiger partial charge in [0, 0.05) is 59.8 Å². The average molecular weight is 497 g/mol. The van der Waals surface area contributed by atoms with E-state index in [1.807, 2.05) is 24.3 Å². The van der Waals surface area contributed by atoms with E-state index < -0.39 is 0 Å². The summed E-state index contributed by atoms with van der Waals surface area (Å²) in [5.41, 5.74) is 10.3. The molecule has 0 radical (unpaired) electrons. The monoisotopic (exact) mass is 496 g/mol. The lowest BCUT2D eigenvalue weighted by Gasteiger charge is -2.16. The van der Waals surface area contributed by atoms with Crippen molar-refractivity contribution in [2.24, 2.45) is 5.92 Å². The number of carbonyl (C=O) groups is 1. The Bertz CT molecular complexity index is 1400. The zero-order valence-electron chi connectivity index (χ0n) is 20.5. The molecule has 1 unspecified atom stereocenters. The first kappa shape index (κ1) is 24.2. The Morgan fingerprint density at radius 3 is 2.76 bits per heavy atom. The summed E-state index contributed by atoms with van der Waals surface area (Å²) in [6.45, 7) is 3.52. The Labute approximate surface area is 215 Å². The van der Waals surface area contributed by atoms with Gasteiger partial charge in [-0.1, -0.05) is 6.92 Å². The molecular formula is C28H28N6O3. The number of nitrogens with two attached hydrogens (primary N) is 1. The Balaban J connectivity index is 1.48. The van der Waals surface area contributed by atoms with E-state index in [0.717, 1.165) is 23.2 Å². The molecule has 9 heteroatoms. The smallest absolute Gasteiger partial charge is 0.251 e. The van der Waals surface area contributed by atoms with Crippen LogP contribution in [0.4, 0.5) is 17.3 Å². The highest BCUT2D eigenvalue weighted by molar-refractivity contribution is 5.96. The number of carbonyl (C=O) groups excluding carboxylic acids is 1. The van der Waals surface area contributed by atoms with Crippen LogP contribution >= 0.6 is 0 Å². The van der Waals surface area contributed by atoms with Crippen molar-refractivity contribution in [3.05, 3.63) is 84.3 Å². The third-order valence-corrected chi connectivity index (χ3v) is 6.02. The van der Waals surface area contributed by atoms with E-state index in [2.05, 4.69) is 32.5 Å². The second-order valence-electron chi connectivity index (χ2n) is 8.96. The van der Waals surface area contributed by atoms with Crippen LogP contribution in [0.5, 0.6) is 11.5 Å². The number of nitrogen functional groups attached to an aromatic ring is 1. The van der Waals surface area contributed by atoms with Crippen molar-refractivity contribution < 1.29 is 14.3 Å². The first-order valence-electron chi connectivity index (χ1n) is 12.1. The summed E-state index contributed by atoms with van der Waals surface area (Å²) >= 11 is 0. The molecule has 0 saturated carbocycles. The zero-order chi connectivity index (χ0) is 25.6. The van der Waals surface area contributed by atoms with Gasteiger partial charge in [-0.25, -0.2) is 9.97 Å². The van der Waals surface area contributed by atoms with Crippen LogP contribution in [0.25, 0.3) is 11.3 Å². The number of fused-ring (bicyclic) bond motifs is 9. The van der Waals surface area contributed by atoms with Gasteiger partial charge in [-0.3, -0.25) is 9.78 Å². The van der Waals surface area contributed by atoms with Crippen LogP contribution in [0.2, 0.25) is 0 Å². The Hall–Kier alpha value is -4.50. The molecule has 9 nitrogen and oxygen atoms in total. The predicted molar refractivity (Wildman–Crippen MR) is 142 cm³/mol. The van der Waals surface area contributed by atoms with Gasteiger partial charge < -0.3 is 25.8 Å². The van der Waals surface area contributed by atoms with E-state index >= 15 is 0 Å². The maximum Gasteiger partial charge on any atom is 0.251 e. The lowest BCUT2D eigenvalue weighted by molar-refractivity contribution is 0.0858. The summed E-state index contributed by atoms with van der Waals surface area (Å²) in [4.78, 5) is 25.7. The number of nitrogens with one attached hydrogen (secondary N) is 2. The van der Waals surface area contributed by atoms with Crippen molar-refractivity contribution >= 4 is 23.2 Å². The first-order valence-corrected chi connectivity index (χ1v) is 12.1. The third-order valence-electron chi connectivity index (χ3n) is 6.02. The van der Waals surface area contributed by atoms with Gasteiger partial charge in [-0.2, -0.15) is 0 Å². The number of aromatic nitrogens is 3. The van der Waals surface area contributed by atoms with Gasteiger partial charge in [0.05, 0.1) is 12.3 Å². The van der Waals surface area contributed by atoms with Gasteiger partial charge in [0.25, 0.3) is 5.91 Å². The molecule has 4 aromatic rings. The fraction of sp³-hybridized carbons (Fsp3) is 0.214. The minimum Gasteiger partial charge on any atom is -0.457 e. The van der Waals surface area contributed by atoms with Crippen molar-refractivity contribution in [1.29, 1.82) is 0 Å². The fourth-order valence-electron chi connectivity index (χ4n) is 4.03. The van der Waals surface area contributed by atoms with Gasteiger partial charge >= 0.3 is 0 Å². The summed E-state index contributed by atoms with van der Waals surface area (Å²) in [7, 11) is 0. The van der Waals surface area contributed by atoms with Crippen molar-refractivity contribution in [2.45, 2.75) is 20.0 Å². The maximum absolute atomic E-state index is 12.6. The molecule has 37 heavy (non-hydrogen) atoms. The SMILES string of the molecule is CC1CCNC(=O)c2ccc(c(N)c2)-c2ccnc(n2)Nc2ccc(Oc3ccncc3)c(c2)COC1. The molecule has 2 aliphatic heterocycles. The van der Waals surface area contributed by atoms with Crippen LogP contribution in [-0.2, 0) is 11.3 Å². The van der Waals surface area contributed by atoms with Crippen molar-refractivity contribution in [1.82, 2.24) is 20.3 Å². The summed E-state index contributed by atoms with van der Waals surface area (Å²) in [6.07, 6.45) is 5.81. The van der Waals surface area contributed by atoms with Crippen LogP contribution in [0.3, 0.4) is 0 Å². The molecular weight excluding hydrogens is 468 g/mol. The molecule has 6 rings (SSSR count). The second-order valence-corrected chi connectivity index (χ2v) is 8.96. The van der Waals surface area contributed by atoms with Crippen molar-refractivity contribution in [2.75, 3.05) is 24.2 Å². The second kappa shape index (κ2) is 11.0. The zero-order valence-corrected chi connectivity index (χ0v) is 20.5. The highest BCUT2D eigenvalue weighted by Gasteiger charge is 2.14. The summed E-state index contributed by atoms with van der Waals surface area (Å²) < 4.78 is 12.2. The first-order chi connectivity index (χ1) is 18.0. The van der Waals surface area contributed by atoms with E-state index in [-0.39, 0.29) is 11.8 Å². The molecule has 6 bridgehead atoms. The standard InChI is InChI=1S/C28H28N6O3/c1-18-6-12-31-27(35)19-2-4-23(24(29)15-19)25-9-13-32-28(34-25)33-21-3-5-26(20(14-21)17-36-16-18)37-22-7-10-30-11-8-22/h2-5,7-11,13-15,18H,6,12,16-17,29H2,1H3,(H,31,35)(H,32,33,34). The van der Waals surface area contributed by atoms with Gasteiger partial charge in [-0.05, 0) is 66.9 Å². The highest BCUT2D eigenvalue weighted by atomic mass is 16.5. The van der Waals surface area contributed by atoms with E-state index in [0.29, 0.717) is 54.2 Å². The Kier molecular flexibility index (Phi) is 7.23. The molecule has 188 valence electrons. The number of benzene rings is 2. The molecule has 4 N–H and O–H groups in total. The fourth-order valence-corrected chi connectivity index (χ4v) is 4.03. The number of pyridine rings is 1. The van der Waals surface area contributed by atoms with Crippen LogP contribution in [0, 0.1) is 5.92 Å². The van der Waals surface area contributed by atoms with Gasteiger partial charge in [0.1, 0.15) is 11.5 Å². The molecule has 0 aliphatic carbocycles. The quantitative estimate of drug-likeness (QED) is 0.333. The van der Waals surface area contributed by atoms with Crippen LogP contribution in [0.1, 0.15) is 29.3 Å². The number of hydrogen-bond donors (Lipinski definition) is 3. The van der Waals surface area contributed by atoms with E-state index in [1.54, 1.807) is 48.9 Å². The average Bonchev–Trinajstić information content (AvgIpc) is 2.90. The topological polar surface area (TPSA) is 124 Å². The molecule has 2 aliphatic rings. The van der Waals surface area contributed by atoms with Crippen molar-refractivity contribution in [3.63, 3.8) is 0 Å². The number of rotatable bonds is 2. The molecule has 2 aromatic heterocycles. The summed E-state index contributed by atoms with van der Waals surface area (Å²) in [6, 6.07) is 16.4. The van der Waals surface area contributed by atoms with E-state index in [1.165, 1.54) is 0 Å². The third kappa shape index (κ3) is 6.02. The number of amides is 1. The number of nitrogens with zero attached hydrogens (tertiary/aromatic N) is 3. The predicted octanol–water partition coefficient (Wildman–Crippen LogP) is 4.94. The minimum atomic E-state index is -0.164. The summed E-state index contributed by atoms with van der Waals surface area (Å²) in [5, 5.41) is 6.23. The number of anilines is 3. The van der Waals surface area contributed by atoms with Gasteiger partial charge in [0.2, 0.25) is 5.95 Å². The summed E-state index contributed by atoms with van der Waals surface area (Å²) in [5.74, 6) is 1.87. The number of hydrogen-bond acceptors (Lipinski definition) is 8. The van der Waals surface area contributed by atoms with Crippen LogP contribution < -0.4 is 21.1 Å². The molecule has 0 fully saturated rings. The largest absolute Gasteiger partial charge is 0.457 e. The molecule has 4 heterocycles. The number of ether oxygens (including phenoxy) is 2.